The second-order valence-electron chi connectivity index (χ2n) is 8.47. The van der Waals surface area contributed by atoms with E-state index in [-0.39, 0.29) is 23.5 Å². The normalized spacial score (nSPS) is 11.9. The first-order chi connectivity index (χ1) is 16.1. The molecular weight excluding hydrogens is 452 g/mol. The van der Waals surface area contributed by atoms with Gasteiger partial charge in [0.25, 0.3) is 5.56 Å². The van der Waals surface area contributed by atoms with Gasteiger partial charge in [0, 0.05) is 32.4 Å². The molecule has 4 rings (SSSR count). The zero-order valence-electron chi connectivity index (χ0n) is 19.7. The molecule has 0 spiro atoms. The maximum Gasteiger partial charge on any atom is 0.329 e. The predicted molar refractivity (Wildman–Crippen MR) is 134 cm³/mol. The van der Waals surface area contributed by atoms with E-state index in [2.05, 4.69) is 4.72 Å². The summed E-state index contributed by atoms with van der Waals surface area (Å²) in [7, 11) is -0.0468. The van der Waals surface area contributed by atoms with Crippen molar-refractivity contribution < 1.29 is 8.42 Å². The van der Waals surface area contributed by atoms with Crippen molar-refractivity contribution in [3.63, 3.8) is 0 Å². The molecule has 0 saturated heterocycles. The molecule has 8 nitrogen and oxygen atoms in total. The number of aryl methyl sites for hydroxylation is 3. The fourth-order valence-corrected chi connectivity index (χ4v) is 4.78. The Hall–Kier alpha value is -3.43. The Morgan fingerprint density at radius 1 is 0.971 bits per heavy atom. The van der Waals surface area contributed by atoms with Crippen molar-refractivity contribution in [1.82, 2.24) is 18.4 Å². The summed E-state index contributed by atoms with van der Waals surface area (Å²) in [5, 5.41) is 0. The molecule has 178 valence electrons. The maximum atomic E-state index is 13.2. The van der Waals surface area contributed by atoms with Gasteiger partial charge in [-0.25, -0.2) is 17.9 Å². The third kappa shape index (κ3) is 4.49. The number of rotatable bonds is 7. The van der Waals surface area contributed by atoms with Crippen molar-refractivity contribution in [2.45, 2.75) is 26.9 Å². The Balaban J connectivity index is 1.97. The average molecular weight is 481 g/mol. The number of hydrogen-bond donors (Lipinski definition) is 1. The second kappa shape index (κ2) is 9.08. The van der Waals surface area contributed by atoms with Crippen LogP contribution in [0.3, 0.4) is 0 Å². The van der Waals surface area contributed by atoms with Crippen LogP contribution < -0.4 is 16.0 Å². The minimum absolute atomic E-state index is 0.0379. The summed E-state index contributed by atoms with van der Waals surface area (Å²) in [6, 6.07) is 15.3. The van der Waals surface area contributed by atoms with Gasteiger partial charge < -0.3 is 4.57 Å². The van der Waals surface area contributed by atoms with Gasteiger partial charge in [0.15, 0.2) is 0 Å². The summed E-state index contributed by atoms with van der Waals surface area (Å²) in [5.41, 5.74) is 4.97. The molecule has 4 aromatic rings. The van der Waals surface area contributed by atoms with Crippen LogP contribution in [-0.4, -0.2) is 27.9 Å². The predicted octanol–water partition coefficient (Wildman–Crippen LogP) is 2.50. The maximum absolute atomic E-state index is 13.2. The lowest BCUT2D eigenvalue weighted by Gasteiger charge is -2.13. The number of nitrogens with one attached hydrogen (secondary N) is 1. The molecule has 9 heteroatoms. The van der Waals surface area contributed by atoms with Gasteiger partial charge in [0.2, 0.25) is 10.0 Å². The van der Waals surface area contributed by atoms with Gasteiger partial charge in [-0.2, -0.15) is 0 Å². The highest BCUT2D eigenvalue weighted by Crippen LogP contribution is 2.28. The number of imidazole rings is 1. The van der Waals surface area contributed by atoms with Crippen molar-refractivity contribution in [3.05, 3.63) is 92.3 Å². The number of aromatic nitrogens is 3. The summed E-state index contributed by atoms with van der Waals surface area (Å²) >= 11 is 0. The Labute approximate surface area is 198 Å². The lowest BCUT2D eigenvalue weighted by Crippen LogP contribution is -2.25. The topological polar surface area (TPSA) is 95.1 Å². The van der Waals surface area contributed by atoms with Crippen LogP contribution in [0.1, 0.15) is 23.6 Å². The van der Waals surface area contributed by atoms with Crippen LogP contribution in [0.2, 0.25) is 0 Å². The Kier molecular flexibility index (Phi) is 6.33. The summed E-state index contributed by atoms with van der Waals surface area (Å²) in [5.74, 6) is -0.0379. The average Bonchev–Trinajstić information content (AvgIpc) is 3.06. The van der Waals surface area contributed by atoms with E-state index in [0.29, 0.717) is 28.7 Å². The quantitative estimate of drug-likeness (QED) is 0.440. The van der Waals surface area contributed by atoms with E-state index in [4.69, 9.17) is 0 Å². The van der Waals surface area contributed by atoms with Crippen LogP contribution in [0.4, 0.5) is 0 Å². The van der Waals surface area contributed by atoms with Crippen LogP contribution in [-0.2, 0) is 37.2 Å². The Morgan fingerprint density at radius 3 is 2.32 bits per heavy atom. The lowest BCUT2D eigenvalue weighted by atomic mass is 10.0. The Morgan fingerprint density at radius 2 is 1.68 bits per heavy atom. The van der Waals surface area contributed by atoms with E-state index in [1.807, 2.05) is 48.5 Å². The van der Waals surface area contributed by atoms with Crippen molar-refractivity contribution in [2.75, 3.05) is 5.75 Å². The first kappa shape index (κ1) is 23.7. The molecule has 0 unspecified atom stereocenters. The molecule has 0 saturated carbocycles. The van der Waals surface area contributed by atoms with Gasteiger partial charge in [-0.3, -0.25) is 13.9 Å². The zero-order chi connectivity index (χ0) is 24.6. The molecule has 34 heavy (non-hydrogen) atoms. The van der Waals surface area contributed by atoms with Crippen LogP contribution in [0, 0.1) is 6.92 Å². The molecule has 0 aliphatic rings. The largest absolute Gasteiger partial charge is 0.329 e. The minimum atomic E-state index is -3.44. The van der Waals surface area contributed by atoms with Crippen molar-refractivity contribution >= 4 is 21.1 Å². The van der Waals surface area contributed by atoms with E-state index in [9.17, 15) is 18.0 Å². The third-order valence-electron chi connectivity index (χ3n) is 6.05. The smallest absolute Gasteiger partial charge is 0.318 e. The molecule has 2 aromatic carbocycles. The molecule has 0 amide bonds. The molecule has 0 fully saturated rings. The van der Waals surface area contributed by atoms with Crippen LogP contribution in [0.15, 0.2) is 64.3 Å². The highest BCUT2D eigenvalue weighted by molar-refractivity contribution is 7.89. The van der Waals surface area contributed by atoms with E-state index >= 15 is 0 Å². The number of sulfonamides is 1. The van der Waals surface area contributed by atoms with E-state index in [1.54, 1.807) is 43.3 Å². The van der Waals surface area contributed by atoms with Crippen molar-refractivity contribution in [3.8, 4) is 11.1 Å². The van der Waals surface area contributed by atoms with Gasteiger partial charge >= 0.3 is 5.69 Å². The molecular formula is C25H28N4O4S. The monoisotopic (exact) mass is 480 g/mol. The number of hydrogen-bond acceptors (Lipinski definition) is 4. The minimum Gasteiger partial charge on any atom is -0.318 e. The molecule has 0 atom stereocenters. The summed E-state index contributed by atoms with van der Waals surface area (Å²) < 4.78 is 31.7. The van der Waals surface area contributed by atoms with Crippen molar-refractivity contribution in [1.29, 1.82) is 0 Å². The third-order valence-corrected chi connectivity index (χ3v) is 7.40. The van der Waals surface area contributed by atoms with Crippen LogP contribution >= 0.6 is 0 Å². The standard InChI is InChI=1S/C25H28N4O4S/c1-5-34(32,33)26-14-20-12-19(21-11-17(2)24(30)27(3)16-21)13-22-23(20)28(4)25(31)29(22)15-18-9-7-6-8-10-18/h6-13,16,26H,5,14-15H2,1-4H3. The second-order valence-corrected chi connectivity index (χ2v) is 10.6. The summed E-state index contributed by atoms with van der Waals surface area (Å²) in [4.78, 5) is 25.5. The van der Waals surface area contributed by atoms with Gasteiger partial charge in [0.05, 0.1) is 23.3 Å². The lowest BCUT2D eigenvalue weighted by molar-refractivity contribution is 0.582. The molecule has 0 aliphatic carbocycles. The highest BCUT2D eigenvalue weighted by atomic mass is 32.2. The van der Waals surface area contributed by atoms with Gasteiger partial charge in [-0.15, -0.1) is 0 Å². The molecule has 0 radical (unpaired) electrons. The summed E-state index contributed by atoms with van der Waals surface area (Å²) in [6.45, 7) is 3.77. The molecule has 2 aromatic heterocycles. The molecule has 0 bridgehead atoms. The van der Waals surface area contributed by atoms with E-state index in [1.165, 1.54) is 4.57 Å². The highest BCUT2D eigenvalue weighted by Gasteiger charge is 2.18. The Bertz CT molecular complexity index is 1570. The van der Waals surface area contributed by atoms with Gasteiger partial charge in [-0.05, 0) is 54.3 Å². The SMILES string of the molecule is CCS(=O)(=O)NCc1cc(-c2cc(C)c(=O)n(C)c2)cc2c1n(C)c(=O)n2Cc1ccccc1. The van der Waals surface area contributed by atoms with Crippen LogP contribution in [0.5, 0.6) is 0 Å². The summed E-state index contributed by atoms with van der Waals surface area (Å²) in [6.07, 6.45) is 1.75. The van der Waals surface area contributed by atoms with Gasteiger partial charge in [-0.1, -0.05) is 30.3 Å². The van der Waals surface area contributed by atoms with Crippen LogP contribution in [0.25, 0.3) is 22.2 Å². The number of fused-ring (bicyclic) bond motifs is 1. The van der Waals surface area contributed by atoms with Gasteiger partial charge in [0.1, 0.15) is 0 Å². The molecule has 0 aliphatic heterocycles. The van der Waals surface area contributed by atoms with Crippen molar-refractivity contribution in [2.24, 2.45) is 14.1 Å². The van der Waals surface area contributed by atoms with E-state index < -0.39 is 10.0 Å². The number of pyridine rings is 1. The number of nitrogens with zero attached hydrogens (tertiary/aromatic N) is 3. The first-order valence-corrected chi connectivity index (χ1v) is 12.7. The fraction of sp³-hybridized carbons (Fsp3) is 0.280. The first-order valence-electron chi connectivity index (χ1n) is 11.0. The number of benzene rings is 2. The fourth-order valence-electron chi connectivity index (χ4n) is 4.20. The molecule has 1 N–H and O–H groups in total. The molecule has 2 heterocycles. The zero-order valence-corrected chi connectivity index (χ0v) is 20.5. The van der Waals surface area contributed by atoms with E-state index in [0.717, 1.165) is 16.7 Å².